The molecule has 0 aliphatic carbocycles. The van der Waals surface area contributed by atoms with E-state index in [1.807, 2.05) is 4.90 Å². The SMILES string of the molecule is CC[C@H]1CCCCN1C(=O)CN1C(=O)N[C@](C)(c2ccc(OC)cc2)C1=O. The number of ether oxygens (including phenoxy) is 1. The van der Waals surface area contributed by atoms with Gasteiger partial charge in [0, 0.05) is 12.6 Å². The van der Waals surface area contributed by atoms with Crippen LogP contribution in [0.1, 0.15) is 45.1 Å². The molecule has 2 fully saturated rings. The van der Waals surface area contributed by atoms with E-state index in [9.17, 15) is 14.4 Å². The summed E-state index contributed by atoms with van der Waals surface area (Å²) in [5.74, 6) is 0.0990. The molecule has 0 spiro atoms. The van der Waals surface area contributed by atoms with E-state index in [-0.39, 0.29) is 18.5 Å². The van der Waals surface area contributed by atoms with Crippen LogP contribution in [0.5, 0.6) is 5.75 Å². The smallest absolute Gasteiger partial charge is 0.325 e. The maximum atomic E-state index is 13.0. The van der Waals surface area contributed by atoms with E-state index >= 15 is 0 Å². The molecular formula is C20H27N3O4. The summed E-state index contributed by atoms with van der Waals surface area (Å²) in [5, 5.41) is 2.74. The third-order valence-electron chi connectivity index (χ3n) is 5.65. The summed E-state index contributed by atoms with van der Waals surface area (Å²) in [4.78, 5) is 41.1. The van der Waals surface area contributed by atoms with Crippen LogP contribution in [0.2, 0.25) is 0 Å². The monoisotopic (exact) mass is 373 g/mol. The van der Waals surface area contributed by atoms with Gasteiger partial charge in [-0.05, 0) is 50.3 Å². The van der Waals surface area contributed by atoms with Crippen molar-refractivity contribution in [1.82, 2.24) is 15.1 Å². The van der Waals surface area contributed by atoms with Gasteiger partial charge in [-0.1, -0.05) is 19.1 Å². The molecule has 2 heterocycles. The Balaban J connectivity index is 1.76. The van der Waals surface area contributed by atoms with Crippen LogP contribution in [0.4, 0.5) is 4.79 Å². The lowest BCUT2D eigenvalue weighted by Crippen LogP contribution is -2.49. The maximum absolute atomic E-state index is 13.0. The van der Waals surface area contributed by atoms with Crippen LogP contribution >= 0.6 is 0 Å². The third-order valence-corrected chi connectivity index (χ3v) is 5.65. The summed E-state index contributed by atoms with van der Waals surface area (Å²) in [6.45, 7) is 4.20. The van der Waals surface area contributed by atoms with Gasteiger partial charge in [0.2, 0.25) is 5.91 Å². The fourth-order valence-electron chi connectivity index (χ4n) is 3.94. The molecule has 7 heteroatoms. The van der Waals surface area contributed by atoms with Gasteiger partial charge in [0.05, 0.1) is 7.11 Å². The molecule has 0 aromatic heterocycles. The van der Waals surface area contributed by atoms with Crippen molar-refractivity contribution in [3.05, 3.63) is 29.8 Å². The van der Waals surface area contributed by atoms with Crippen molar-refractivity contribution in [3.63, 3.8) is 0 Å². The van der Waals surface area contributed by atoms with Gasteiger partial charge < -0.3 is 15.0 Å². The lowest BCUT2D eigenvalue weighted by Gasteiger charge is -2.36. The lowest BCUT2D eigenvalue weighted by atomic mass is 9.92. The molecule has 0 unspecified atom stereocenters. The summed E-state index contributed by atoms with van der Waals surface area (Å²) in [6, 6.07) is 6.65. The average molecular weight is 373 g/mol. The van der Waals surface area contributed by atoms with Crippen LogP contribution in [0.25, 0.3) is 0 Å². The van der Waals surface area contributed by atoms with Crippen molar-refractivity contribution in [3.8, 4) is 5.75 Å². The molecule has 2 saturated heterocycles. The molecule has 0 bridgehead atoms. The molecule has 3 rings (SSSR count). The van der Waals surface area contributed by atoms with Gasteiger partial charge >= 0.3 is 6.03 Å². The number of amides is 4. The van der Waals surface area contributed by atoms with Crippen LogP contribution < -0.4 is 10.1 Å². The van der Waals surface area contributed by atoms with Gasteiger partial charge in [-0.25, -0.2) is 4.79 Å². The van der Waals surface area contributed by atoms with Crippen molar-refractivity contribution >= 4 is 17.8 Å². The van der Waals surface area contributed by atoms with Crippen molar-refractivity contribution in [1.29, 1.82) is 0 Å². The Hall–Kier alpha value is -2.57. The van der Waals surface area contributed by atoms with Crippen LogP contribution in [0.15, 0.2) is 24.3 Å². The minimum Gasteiger partial charge on any atom is -0.497 e. The van der Waals surface area contributed by atoms with E-state index in [4.69, 9.17) is 4.74 Å². The maximum Gasteiger partial charge on any atom is 0.325 e. The molecule has 0 saturated carbocycles. The Morgan fingerprint density at radius 2 is 1.96 bits per heavy atom. The first-order chi connectivity index (χ1) is 12.9. The number of urea groups is 1. The second kappa shape index (κ2) is 7.58. The zero-order chi connectivity index (χ0) is 19.6. The van der Waals surface area contributed by atoms with E-state index in [0.717, 1.165) is 30.6 Å². The number of piperidine rings is 1. The lowest BCUT2D eigenvalue weighted by molar-refractivity contribution is -0.141. The number of rotatable bonds is 5. The fraction of sp³-hybridized carbons (Fsp3) is 0.550. The Bertz CT molecular complexity index is 733. The van der Waals surface area contributed by atoms with Gasteiger partial charge in [-0.2, -0.15) is 0 Å². The Morgan fingerprint density at radius 3 is 2.59 bits per heavy atom. The van der Waals surface area contributed by atoms with E-state index in [1.165, 1.54) is 0 Å². The first kappa shape index (κ1) is 19.2. The molecule has 0 radical (unpaired) electrons. The quantitative estimate of drug-likeness (QED) is 0.803. The van der Waals surface area contributed by atoms with Gasteiger partial charge in [-0.3, -0.25) is 14.5 Å². The van der Waals surface area contributed by atoms with Crippen molar-refractivity contribution in [2.75, 3.05) is 20.2 Å². The highest BCUT2D eigenvalue weighted by atomic mass is 16.5. The molecular weight excluding hydrogens is 346 g/mol. The minimum atomic E-state index is -1.18. The van der Waals surface area contributed by atoms with Crippen LogP contribution in [-0.4, -0.2) is 53.9 Å². The third kappa shape index (κ3) is 3.50. The summed E-state index contributed by atoms with van der Waals surface area (Å²) < 4.78 is 5.14. The highest BCUT2D eigenvalue weighted by molar-refractivity contribution is 6.09. The first-order valence-electron chi connectivity index (χ1n) is 9.48. The second-order valence-corrected chi connectivity index (χ2v) is 7.32. The number of likely N-dealkylation sites (tertiary alicyclic amines) is 1. The largest absolute Gasteiger partial charge is 0.497 e. The summed E-state index contributed by atoms with van der Waals surface area (Å²) in [6.07, 6.45) is 3.94. The number of imide groups is 1. The summed E-state index contributed by atoms with van der Waals surface area (Å²) in [7, 11) is 1.57. The molecule has 7 nitrogen and oxygen atoms in total. The number of hydrogen-bond donors (Lipinski definition) is 1. The number of methoxy groups -OCH3 is 1. The Labute approximate surface area is 159 Å². The Morgan fingerprint density at radius 1 is 1.26 bits per heavy atom. The minimum absolute atomic E-state index is 0.163. The molecule has 2 atom stereocenters. The molecule has 4 amide bonds. The normalized spacial score (nSPS) is 25.5. The highest BCUT2D eigenvalue weighted by Crippen LogP contribution is 2.30. The van der Waals surface area contributed by atoms with E-state index in [1.54, 1.807) is 38.3 Å². The summed E-state index contributed by atoms with van der Waals surface area (Å²) >= 11 is 0. The molecule has 1 aromatic rings. The molecule has 146 valence electrons. The molecule has 2 aliphatic heterocycles. The number of nitrogens with one attached hydrogen (secondary N) is 1. The zero-order valence-corrected chi connectivity index (χ0v) is 16.2. The van der Waals surface area contributed by atoms with Crippen LogP contribution in [0, 0.1) is 0 Å². The van der Waals surface area contributed by atoms with Gasteiger partial charge in [-0.15, -0.1) is 0 Å². The van der Waals surface area contributed by atoms with Crippen molar-refractivity contribution in [2.24, 2.45) is 0 Å². The number of benzene rings is 1. The fourth-order valence-corrected chi connectivity index (χ4v) is 3.94. The predicted octanol–water partition coefficient (Wildman–Crippen LogP) is 2.25. The van der Waals surface area contributed by atoms with Gasteiger partial charge in [0.1, 0.15) is 17.8 Å². The number of carbonyl (C=O) groups is 3. The van der Waals surface area contributed by atoms with E-state index in [2.05, 4.69) is 12.2 Å². The highest BCUT2D eigenvalue weighted by Gasteiger charge is 2.49. The van der Waals surface area contributed by atoms with E-state index in [0.29, 0.717) is 17.9 Å². The summed E-state index contributed by atoms with van der Waals surface area (Å²) in [5.41, 5.74) is -0.531. The first-order valence-corrected chi connectivity index (χ1v) is 9.48. The predicted molar refractivity (Wildman–Crippen MR) is 100 cm³/mol. The molecule has 1 N–H and O–H groups in total. The second-order valence-electron chi connectivity index (χ2n) is 7.32. The van der Waals surface area contributed by atoms with Crippen molar-refractivity contribution < 1.29 is 19.1 Å². The number of nitrogens with zero attached hydrogens (tertiary/aromatic N) is 2. The van der Waals surface area contributed by atoms with Crippen LogP contribution in [0.3, 0.4) is 0 Å². The Kier molecular flexibility index (Phi) is 5.39. The number of hydrogen-bond acceptors (Lipinski definition) is 4. The van der Waals surface area contributed by atoms with Gasteiger partial charge in [0.15, 0.2) is 0 Å². The van der Waals surface area contributed by atoms with Crippen LogP contribution in [-0.2, 0) is 15.1 Å². The molecule has 2 aliphatic rings. The molecule has 27 heavy (non-hydrogen) atoms. The standard InChI is InChI=1S/C20H27N3O4/c1-4-15-7-5-6-12-22(15)17(24)13-23-18(25)20(2,21-19(23)26)14-8-10-16(27-3)11-9-14/h8-11,15H,4-7,12-13H2,1-3H3,(H,21,26)/t15-,20+/m0/s1. The molecule has 1 aromatic carbocycles. The number of carbonyl (C=O) groups excluding carboxylic acids is 3. The van der Waals surface area contributed by atoms with Gasteiger partial charge in [0.25, 0.3) is 5.91 Å². The zero-order valence-electron chi connectivity index (χ0n) is 16.2. The van der Waals surface area contributed by atoms with E-state index < -0.39 is 17.5 Å². The average Bonchev–Trinajstić information content (AvgIpc) is 2.91. The van der Waals surface area contributed by atoms with Crippen molar-refractivity contribution in [2.45, 2.75) is 51.1 Å². The topological polar surface area (TPSA) is 79.0 Å².